The first-order valence-corrected chi connectivity index (χ1v) is 7.06. The van der Waals surface area contributed by atoms with Gasteiger partial charge in [0.15, 0.2) is 5.82 Å². The molecule has 116 valence electrons. The van der Waals surface area contributed by atoms with Crippen LogP contribution in [0.4, 0.5) is 0 Å². The van der Waals surface area contributed by atoms with Crippen molar-refractivity contribution in [3.8, 4) is 11.5 Å². The molecule has 0 aromatic carbocycles. The van der Waals surface area contributed by atoms with E-state index in [2.05, 4.69) is 22.0 Å². The maximum atomic E-state index is 12.1. The lowest BCUT2D eigenvalue weighted by Gasteiger charge is -2.03. The number of pyridine rings is 1. The number of carbonyl (C=O) groups is 1. The summed E-state index contributed by atoms with van der Waals surface area (Å²) in [6.07, 6.45) is 4.39. The maximum absolute atomic E-state index is 12.1. The largest absolute Gasteiger partial charge is 0.354 e. The molecule has 0 atom stereocenters. The molecule has 1 amide bonds. The number of nitrogens with one attached hydrogen (secondary N) is 1. The molecule has 0 aliphatic carbocycles. The molecule has 2 aromatic rings. The Bertz CT molecular complexity index is 702. The molecule has 0 unspecified atom stereocenters. The average Bonchev–Trinajstić information content (AvgIpc) is 2.82. The second-order valence-corrected chi connectivity index (χ2v) is 4.78. The third-order valence-electron chi connectivity index (χ3n) is 3.16. The molecule has 2 rings (SSSR count). The average molecular weight is 301 g/mol. The van der Waals surface area contributed by atoms with Gasteiger partial charge in [0.2, 0.25) is 5.91 Å². The lowest BCUT2D eigenvalue weighted by atomic mass is 10.3. The van der Waals surface area contributed by atoms with E-state index in [1.165, 1.54) is 9.25 Å². The van der Waals surface area contributed by atoms with Crippen molar-refractivity contribution in [1.82, 2.24) is 24.6 Å². The van der Waals surface area contributed by atoms with Crippen molar-refractivity contribution in [1.29, 1.82) is 0 Å². The summed E-state index contributed by atoms with van der Waals surface area (Å²) < 4.78 is 2.78. The van der Waals surface area contributed by atoms with E-state index in [1.807, 2.05) is 6.07 Å². The highest BCUT2D eigenvalue weighted by atomic mass is 16.2. The summed E-state index contributed by atoms with van der Waals surface area (Å²) >= 11 is 0. The Morgan fingerprint density at radius 3 is 2.95 bits per heavy atom. The summed E-state index contributed by atoms with van der Waals surface area (Å²) in [6.45, 7) is 4.24. The van der Waals surface area contributed by atoms with Crippen LogP contribution in [-0.4, -0.2) is 31.8 Å². The third kappa shape index (κ3) is 3.69. The predicted octanol–water partition coefficient (Wildman–Crippen LogP) is 0.726. The molecular formula is C15H19N5O2. The summed E-state index contributed by atoms with van der Waals surface area (Å²) in [5.41, 5.74) is 0.400. The Morgan fingerprint density at radius 1 is 1.45 bits per heavy atom. The number of hydrogen-bond donors (Lipinski definition) is 1. The second kappa shape index (κ2) is 7.35. The van der Waals surface area contributed by atoms with Gasteiger partial charge in [0.05, 0.1) is 6.54 Å². The second-order valence-electron chi connectivity index (χ2n) is 4.78. The zero-order chi connectivity index (χ0) is 15.9. The standard InChI is InChI=1S/C15H19N5O2/c1-3-4-8-13(21)17-10-11-20-15(22)19(2)14(18-20)12-7-5-6-9-16-12/h3,5-7,9H,1,4,8,10-11H2,2H3,(H,17,21). The SMILES string of the molecule is C=CCCC(=O)NCCn1nc(-c2ccccn2)n(C)c1=O. The highest BCUT2D eigenvalue weighted by Crippen LogP contribution is 2.09. The van der Waals surface area contributed by atoms with Gasteiger partial charge in [-0.25, -0.2) is 9.48 Å². The summed E-state index contributed by atoms with van der Waals surface area (Å²) in [4.78, 5) is 27.8. The van der Waals surface area contributed by atoms with Gasteiger partial charge in [-0.15, -0.1) is 11.7 Å². The Kier molecular flexibility index (Phi) is 5.24. The minimum absolute atomic E-state index is 0.0613. The molecule has 7 heteroatoms. The van der Waals surface area contributed by atoms with Crippen molar-refractivity contribution in [3.63, 3.8) is 0 Å². The fraction of sp³-hybridized carbons (Fsp3) is 0.333. The van der Waals surface area contributed by atoms with Gasteiger partial charge in [0, 0.05) is 26.2 Å². The summed E-state index contributed by atoms with van der Waals surface area (Å²) in [5, 5.41) is 7.03. The van der Waals surface area contributed by atoms with Crippen molar-refractivity contribution >= 4 is 5.91 Å². The highest BCUT2D eigenvalue weighted by molar-refractivity contribution is 5.75. The molecule has 0 saturated heterocycles. The third-order valence-corrected chi connectivity index (χ3v) is 3.16. The van der Waals surface area contributed by atoms with Crippen LogP contribution in [0.3, 0.4) is 0 Å². The zero-order valence-electron chi connectivity index (χ0n) is 12.5. The summed E-state index contributed by atoms with van der Waals surface area (Å²) in [6, 6.07) is 5.44. The van der Waals surface area contributed by atoms with Crippen LogP contribution in [-0.2, 0) is 18.4 Å². The molecule has 0 saturated carbocycles. The van der Waals surface area contributed by atoms with Crippen LogP contribution in [0.15, 0.2) is 41.8 Å². The molecule has 0 radical (unpaired) electrons. The number of hydrogen-bond acceptors (Lipinski definition) is 4. The van der Waals surface area contributed by atoms with Crippen LogP contribution in [0, 0.1) is 0 Å². The molecule has 7 nitrogen and oxygen atoms in total. The van der Waals surface area contributed by atoms with Crippen molar-refractivity contribution in [2.24, 2.45) is 7.05 Å². The van der Waals surface area contributed by atoms with Crippen LogP contribution in [0.5, 0.6) is 0 Å². The number of allylic oxidation sites excluding steroid dienone is 1. The topological polar surface area (TPSA) is 81.8 Å². The fourth-order valence-electron chi connectivity index (χ4n) is 1.97. The van der Waals surface area contributed by atoms with Crippen molar-refractivity contribution in [3.05, 3.63) is 47.5 Å². The van der Waals surface area contributed by atoms with Gasteiger partial charge in [0.1, 0.15) is 5.69 Å². The normalized spacial score (nSPS) is 10.4. The molecule has 2 heterocycles. The monoisotopic (exact) mass is 301 g/mol. The van der Waals surface area contributed by atoms with Crippen LogP contribution >= 0.6 is 0 Å². The molecule has 2 aromatic heterocycles. The van der Waals surface area contributed by atoms with E-state index in [4.69, 9.17) is 0 Å². The Labute approximate surface area is 128 Å². The Morgan fingerprint density at radius 2 is 2.27 bits per heavy atom. The number of rotatable bonds is 7. The quantitative estimate of drug-likeness (QED) is 0.764. The minimum Gasteiger partial charge on any atom is -0.354 e. The number of aromatic nitrogens is 4. The Hall–Kier alpha value is -2.70. The summed E-state index contributed by atoms with van der Waals surface area (Å²) in [5.74, 6) is 0.442. The first-order valence-electron chi connectivity index (χ1n) is 7.06. The molecule has 0 aliphatic rings. The van der Waals surface area contributed by atoms with Gasteiger partial charge in [-0.3, -0.25) is 14.3 Å². The van der Waals surface area contributed by atoms with E-state index in [-0.39, 0.29) is 11.6 Å². The van der Waals surface area contributed by atoms with Crippen LogP contribution in [0.2, 0.25) is 0 Å². The highest BCUT2D eigenvalue weighted by Gasteiger charge is 2.12. The summed E-state index contributed by atoms with van der Waals surface area (Å²) in [7, 11) is 1.65. The molecule has 0 aliphatic heterocycles. The molecule has 0 fully saturated rings. The van der Waals surface area contributed by atoms with Crippen molar-refractivity contribution < 1.29 is 4.79 Å². The first-order chi connectivity index (χ1) is 10.6. The van der Waals surface area contributed by atoms with Gasteiger partial charge in [-0.05, 0) is 18.6 Å². The molecule has 22 heavy (non-hydrogen) atoms. The smallest absolute Gasteiger partial charge is 0.346 e. The lowest BCUT2D eigenvalue weighted by molar-refractivity contribution is -0.121. The molecule has 0 spiro atoms. The zero-order valence-corrected chi connectivity index (χ0v) is 12.5. The predicted molar refractivity (Wildman–Crippen MR) is 83.1 cm³/mol. The lowest BCUT2D eigenvalue weighted by Crippen LogP contribution is -2.31. The number of amides is 1. The van der Waals surface area contributed by atoms with Gasteiger partial charge >= 0.3 is 5.69 Å². The molecular weight excluding hydrogens is 282 g/mol. The van der Waals surface area contributed by atoms with Crippen molar-refractivity contribution in [2.45, 2.75) is 19.4 Å². The van der Waals surface area contributed by atoms with Crippen LogP contribution < -0.4 is 11.0 Å². The van der Waals surface area contributed by atoms with Crippen LogP contribution in [0.25, 0.3) is 11.5 Å². The van der Waals surface area contributed by atoms with E-state index < -0.39 is 0 Å². The Balaban J connectivity index is 2.03. The van der Waals surface area contributed by atoms with E-state index >= 15 is 0 Å². The van der Waals surface area contributed by atoms with E-state index in [1.54, 1.807) is 31.5 Å². The van der Waals surface area contributed by atoms with Gasteiger partial charge in [-0.2, -0.15) is 0 Å². The molecule has 0 bridgehead atoms. The van der Waals surface area contributed by atoms with Crippen LogP contribution in [0.1, 0.15) is 12.8 Å². The van der Waals surface area contributed by atoms with E-state index in [0.717, 1.165) is 0 Å². The molecule has 1 N–H and O–H groups in total. The maximum Gasteiger partial charge on any atom is 0.346 e. The number of nitrogens with zero attached hydrogens (tertiary/aromatic N) is 4. The first kappa shape index (κ1) is 15.7. The van der Waals surface area contributed by atoms with Crippen molar-refractivity contribution in [2.75, 3.05) is 6.54 Å². The van der Waals surface area contributed by atoms with Gasteiger partial charge in [-0.1, -0.05) is 12.1 Å². The minimum atomic E-state index is -0.235. The van der Waals surface area contributed by atoms with E-state index in [9.17, 15) is 9.59 Å². The van der Waals surface area contributed by atoms with Gasteiger partial charge < -0.3 is 5.32 Å². The fourth-order valence-corrected chi connectivity index (χ4v) is 1.97. The number of carbonyl (C=O) groups excluding carboxylic acids is 1. The van der Waals surface area contributed by atoms with Gasteiger partial charge in [0.25, 0.3) is 0 Å². The van der Waals surface area contributed by atoms with E-state index in [0.29, 0.717) is 37.4 Å².